The lowest BCUT2D eigenvalue weighted by Crippen LogP contribution is -2.30. The molecule has 4 nitrogen and oxygen atoms in total. The van der Waals surface area contributed by atoms with E-state index in [4.69, 9.17) is 9.72 Å². The SMILES string of the molecule is CO/C(C[C@@H]1CCCN1c1cc(C)nc2cc(CO)c(C)cc12)=C(/C)CCC=C(C)C. The highest BCUT2D eigenvalue weighted by Crippen LogP contribution is 2.36. The van der Waals surface area contributed by atoms with Crippen molar-refractivity contribution >= 4 is 16.6 Å². The third-order valence-corrected chi connectivity index (χ3v) is 6.44. The second-order valence-corrected chi connectivity index (χ2v) is 9.16. The summed E-state index contributed by atoms with van der Waals surface area (Å²) >= 11 is 0. The summed E-state index contributed by atoms with van der Waals surface area (Å²) in [7, 11) is 1.81. The maximum Gasteiger partial charge on any atom is 0.0965 e. The summed E-state index contributed by atoms with van der Waals surface area (Å²) in [5, 5.41) is 10.9. The third-order valence-electron chi connectivity index (χ3n) is 6.44. The Labute approximate surface area is 187 Å². The van der Waals surface area contributed by atoms with Gasteiger partial charge in [0.05, 0.1) is 25.0 Å². The molecule has 3 rings (SSSR count). The van der Waals surface area contributed by atoms with Crippen LogP contribution in [0.4, 0.5) is 5.69 Å². The molecular weight excluding hydrogens is 384 g/mol. The minimum atomic E-state index is 0.0487. The number of hydrogen-bond donors (Lipinski definition) is 1. The van der Waals surface area contributed by atoms with Gasteiger partial charge in [0.2, 0.25) is 0 Å². The molecule has 0 unspecified atom stereocenters. The lowest BCUT2D eigenvalue weighted by Gasteiger charge is -2.29. The van der Waals surface area contributed by atoms with Gasteiger partial charge in [-0.3, -0.25) is 4.98 Å². The van der Waals surface area contributed by atoms with Gasteiger partial charge in [-0.15, -0.1) is 0 Å². The Bertz CT molecular complexity index is 986. The van der Waals surface area contributed by atoms with E-state index in [1.54, 1.807) is 0 Å². The zero-order valence-electron chi connectivity index (χ0n) is 20.1. The molecule has 0 bridgehead atoms. The number of rotatable bonds is 8. The molecule has 1 aliphatic heterocycles. The minimum Gasteiger partial charge on any atom is -0.501 e. The van der Waals surface area contributed by atoms with Crippen molar-refractivity contribution in [2.45, 2.75) is 79.4 Å². The zero-order valence-corrected chi connectivity index (χ0v) is 20.1. The number of methoxy groups -OCH3 is 1. The number of nitrogens with zero attached hydrogens (tertiary/aromatic N) is 2. The number of anilines is 1. The average molecular weight is 423 g/mol. The number of aryl methyl sites for hydroxylation is 2. The standard InChI is InChI=1S/C27H38N2O2/c1-18(2)9-7-10-19(3)27(31-6)16-23-11-8-12-29(23)26-14-21(5)28-25-15-22(17-30)20(4)13-24(25)26/h9,13-15,23,30H,7-8,10-12,16-17H2,1-6H3/b27-19-/t23-/m0/s1. The lowest BCUT2D eigenvalue weighted by atomic mass is 10.0. The number of benzene rings is 1. The molecule has 1 aromatic carbocycles. The van der Waals surface area contributed by atoms with E-state index >= 15 is 0 Å². The van der Waals surface area contributed by atoms with E-state index in [9.17, 15) is 5.11 Å². The number of hydrogen-bond acceptors (Lipinski definition) is 4. The van der Waals surface area contributed by atoms with Gasteiger partial charge in [0.1, 0.15) is 0 Å². The lowest BCUT2D eigenvalue weighted by molar-refractivity contribution is 0.264. The number of aromatic nitrogens is 1. The second kappa shape index (κ2) is 10.3. The second-order valence-electron chi connectivity index (χ2n) is 9.16. The molecule has 4 heteroatoms. The highest BCUT2D eigenvalue weighted by atomic mass is 16.5. The van der Waals surface area contributed by atoms with Crippen LogP contribution in [0.25, 0.3) is 10.9 Å². The van der Waals surface area contributed by atoms with Crippen LogP contribution in [0.2, 0.25) is 0 Å². The molecule has 1 N–H and O–H groups in total. The fraction of sp³-hybridized carbons (Fsp3) is 0.519. The Hall–Kier alpha value is -2.33. The summed E-state index contributed by atoms with van der Waals surface area (Å²) in [6.45, 7) is 11.7. The number of aliphatic hydroxyl groups is 1. The van der Waals surface area contributed by atoms with Crippen molar-refractivity contribution in [1.29, 1.82) is 0 Å². The van der Waals surface area contributed by atoms with Crippen LogP contribution in [-0.2, 0) is 11.3 Å². The van der Waals surface area contributed by atoms with Crippen molar-refractivity contribution in [3.05, 3.63) is 58.0 Å². The van der Waals surface area contributed by atoms with Crippen molar-refractivity contribution in [3.63, 3.8) is 0 Å². The van der Waals surface area contributed by atoms with Gasteiger partial charge in [-0.1, -0.05) is 11.6 Å². The molecule has 1 aliphatic rings. The number of ether oxygens (including phenoxy) is 1. The van der Waals surface area contributed by atoms with E-state index in [-0.39, 0.29) is 6.61 Å². The highest BCUT2D eigenvalue weighted by molar-refractivity contribution is 5.93. The molecule has 0 amide bonds. The molecule has 1 fully saturated rings. The molecule has 2 aromatic rings. The summed E-state index contributed by atoms with van der Waals surface area (Å²) in [6.07, 6.45) is 7.71. The topological polar surface area (TPSA) is 45.6 Å². The van der Waals surface area contributed by atoms with E-state index in [0.717, 1.165) is 53.9 Å². The van der Waals surface area contributed by atoms with Crippen LogP contribution < -0.4 is 4.90 Å². The van der Waals surface area contributed by atoms with Gasteiger partial charge in [-0.05, 0) is 95.2 Å². The highest BCUT2D eigenvalue weighted by Gasteiger charge is 2.28. The summed E-state index contributed by atoms with van der Waals surface area (Å²) in [4.78, 5) is 7.31. The molecule has 1 atom stereocenters. The fourth-order valence-electron chi connectivity index (χ4n) is 4.67. The molecule has 0 spiro atoms. The van der Waals surface area contributed by atoms with Gasteiger partial charge in [0.15, 0.2) is 0 Å². The van der Waals surface area contributed by atoms with Crippen molar-refractivity contribution in [3.8, 4) is 0 Å². The Balaban J connectivity index is 1.91. The van der Waals surface area contributed by atoms with E-state index in [2.05, 4.69) is 57.7 Å². The first kappa shape index (κ1) is 23.3. The Kier molecular flexibility index (Phi) is 7.77. The molecule has 31 heavy (non-hydrogen) atoms. The van der Waals surface area contributed by atoms with Crippen LogP contribution >= 0.6 is 0 Å². The average Bonchev–Trinajstić information content (AvgIpc) is 3.18. The van der Waals surface area contributed by atoms with Gasteiger partial charge in [-0.2, -0.15) is 0 Å². The zero-order chi connectivity index (χ0) is 22.5. The van der Waals surface area contributed by atoms with Crippen molar-refractivity contribution < 1.29 is 9.84 Å². The normalized spacial score (nSPS) is 17.1. The first-order valence-electron chi connectivity index (χ1n) is 11.5. The Morgan fingerprint density at radius 2 is 2.00 bits per heavy atom. The van der Waals surface area contributed by atoms with E-state index in [0.29, 0.717) is 6.04 Å². The predicted molar refractivity (Wildman–Crippen MR) is 130 cm³/mol. The van der Waals surface area contributed by atoms with Crippen molar-refractivity contribution in [2.24, 2.45) is 0 Å². The number of aliphatic hydroxyl groups excluding tert-OH is 1. The predicted octanol–water partition coefficient (Wildman–Crippen LogP) is 6.37. The van der Waals surface area contributed by atoms with Crippen LogP contribution in [0.15, 0.2) is 41.2 Å². The summed E-state index contributed by atoms with van der Waals surface area (Å²) in [6, 6.07) is 6.88. The van der Waals surface area contributed by atoms with Crippen LogP contribution in [-0.4, -0.2) is 29.8 Å². The maximum absolute atomic E-state index is 9.68. The van der Waals surface area contributed by atoms with Crippen LogP contribution in [0, 0.1) is 13.8 Å². The Morgan fingerprint density at radius 3 is 2.68 bits per heavy atom. The van der Waals surface area contributed by atoms with Gasteiger partial charge in [0.25, 0.3) is 0 Å². The first-order chi connectivity index (χ1) is 14.8. The van der Waals surface area contributed by atoms with Crippen LogP contribution in [0.5, 0.6) is 0 Å². The Morgan fingerprint density at radius 1 is 1.23 bits per heavy atom. The summed E-state index contributed by atoms with van der Waals surface area (Å²) in [5.74, 6) is 1.13. The minimum absolute atomic E-state index is 0.0487. The van der Waals surface area contributed by atoms with Crippen molar-refractivity contribution in [1.82, 2.24) is 4.98 Å². The molecular formula is C27H38N2O2. The molecule has 0 radical (unpaired) electrons. The monoisotopic (exact) mass is 422 g/mol. The fourth-order valence-corrected chi connectivity index (χ4v) is 4.67. The van der Waals surface area contributed by atoms with Gasteiger partial charge < -0.3 is 14.7 Å². The summed E-state index contributed by atoms with van der Waals surface area (Å²) < 4.78 is 5.87. The number of fused-ring (bicyclic) bond motifs is 1. The maximum atomic E-state index is 9.68. The van der Waals surface area contributed by atoms with Gasteiger partial charge in [0, 0.05) is 35.8 Å². The number of allylic oxidation sites excluding steroid dienone is 3. The summed E-state index contributed by atoms with van der Waals surface area (Å²) in [5.41, 5.74) is 8.03. The molecule has 1 aromatic heterocycles. The first-order valence-corrected chi connectivity index (χ1v) is 11.5. The third kappa shape index (κ3) is 5.48. The quantitative estimate of drug-likeness (QED) is 0.397. The molecule has 1 saturated heterocycles. The molecule has 0 saturated carbocycles. The van der Waals surface area contributed by atoms with Crippen LogP contribution in [0.3, 0.4) is 0 Å². The smallest absolute Gasteiger partial charge is 0.0965 e. The number of pyridine rings is 1. The van der Waals surface area contributed by atoms with E-state index in [1.165, 1.54) is 35.1 Å². The van der Waals surface area contributed by atoms with E-state index in [1.807, 2.05) is 13.2 Å². The molecule has 168 valence electrons. The van der Waals surface area contributed by atoms with Crippen LogP contribution in [0.1, 0.15) is 69.7 Å². The molecule has 0 aliphatic carbocycles. The van der Waals surface area contributed by atoms with E-state index < -0.39 is 0 Å². The molecule has 2 heterocycles. The van der Waals surface area contributed by atoms with Gasteiger partial charge >= 0.3 is 0 Å². The van der Waals surface area contributed by atoms with Crippen molar-refractivity contribution in [2.75, 3.05) is 18.6 Å². The largest absolute Gasteiger partial charge is 0.501 e. The van der Waals surface area contributed by atoms with Gasteiger partial charge in [-0.25, -0.2) is 0 Å².